The van der Waals surface area contributed by atoms with Gasteiger partial charge in [-0.05, 0) is 51.7 Å². The summed E-state index contributed by atoms with van der Waals surface area (Å²) in [5, 5.41) is 11.7. The van der Waals surface area contributed by atoms with E-state index in [0.717, 1.165) is 24.1 Å². The molecule has 0 aromatic heterocycles. The number of aryl methyl sites for hydroxylation is 1. The Labute approximate surface area is 127 Å². The van der Waals surface area contributed by atoms with Gasteiger partial charge in [0, 0.05) is 24.1 Å². The third kappa shape index (κ3) is 6.44. The van der Waals surface area contributed by atoms with Crippen LogP contribution in [-0.2, 0) is 0 Å². The highest BCUT2D eigenvalue weighted by atomic mass is 16.2. The monoisotopic (exact) mass is 288 g/mol. The van der Waals surface area contributed by atoms with Crippen molar-refractivity contribution in [3.63, 3.8) is 0 Å². The van der Waals surface area contributed by atoms with Crippen molar-refractivity contribution in [2.45, 2.75) is 19.8 Å². The van der Waals surface area contributed by atoms with Gasteiger partial charge >= 0.3 is 0 Å². The molecule has 4 heteroatoms. The molecule has 0 radical (unpaired) electrons. The van der Waals surface area contributed by atoms with Gasteiger partial charge in [-0.25, -0.2) is 0 Å². The number of nitrogens with zero attached hydrogens (tertiary/aromatic N) is 1. The van der Waals surface area contributed by atoms with Gasteiger partial charge in [-0.1, -0.05) is 17.9 Å². The minimum Gasteiger partial charge on any atom is -0.395 e. The highest BCUT2D eigenvalue weighted by Crippen LogP contribution is 2.10. The second kappa shape index (κ2) is 9.17. The van der Waals surface area contributed by atoms with Gasteiger partial charge in [-0.3, -0.25) is 4.79 Å². The van der Waals surface area contributed by atoms with Crippen LogP contribution in [0.2, 0.25) is 0 Å². The quantitative estimate of drug-likeness (QED) is 0.615. The number of nitrogens with one attached hydrogen (secondary N) is 1. The van der Waals surface area contributed by atoms with E-state index in [1.54, 1.807) is 6.07 Å². The maximum absolute atomic E-state index is 12.1. The summed E-state index contributed by atoms with van der Waals surface area (Å²) in [5.41, 5.74) is 2.49. The Kier molecular flexibility index (Phi) is 7.52. The maximum atomic E-state index is 12.1. The van der Waals surface area contributed by atoms with Crippen molar-refractivity contribution in [3.05, 3.63) is 34.9 Å². The number of aliphatic hydroxyl groups excluding tert-OH is 1. The molecule has 0 spiro atoms. The number of benzene rings is 1. The van der Waals surface area contributed by atoms with Gasteiger partial charge in [-0.15, -0.1) is 0 Å². The van der Waals surface area contributed by atoms with Crippen LogP contribution in [0.15, 0.2) is 18.2 Å². The lowest BCUT2D eigenvalue weighted by Gasteiger charge is -2.10. The van der Waals surface area contributed by atoms with Gasteiger partial charge in [-0.2, -0.15) is 0 Å². The second-order valence-corrected chi connectivity index (χ2v) is 5.22. The molecule has 1 aromatic rings. The first-order chi connectivity index (χ1) is 10.0. The van der Waals surface area contributed by atoms with E-state index in [-0.39, 0.29) is 12.5 Å². The van der Waals surface area contributed by atoms with E-state index in [4.69, 9.17) is 5.11 Å². The van der Waals surface area contributed by atoms with Crippen LogP contribution in [0.3, 0.4) is 0 Å². The van der Waals surface area contributed by atoms with Gasteiger partial charge in [0.25, 0.3) is 5.91 Å². The first-order valence-corrected chi connectivity index (χ1v) is 7.18. The largest absolute Gasteiger partial charge is 0.395 e. The molecule has 1 rings (SSSR count). The molecular weight excluding hydrogens is 264 g/mol. The molecule has 114 valence electrons. The predicted octanol–water partition coefficient (Wildman–Crippen LogP) is 1.41. The van der Waals surface area contributed by atoms with Crippen molar-refractivity contribution in [3.8, 4) is 11.8 Å². The molecule has 0 aliphatic rings. The number of rotatable bonds is 6. The number of carbonyl (C=O) groups excluding carboxylic acids is 1. The van der Waals surface area contributed by atoms with Crippen LogP contribution in [0.25, 0.3) is 0 Å². The van der Waals surface area contributed by atoms with Crippen LogP contribution in [0.1, 0.15) is 34.3 Å². The van der Waals surface area contributed by atoms with E-state index in [2.05, 4.69) is 22.1 Å². The lowest BCUT2D eigenvalue weighted by Crippen LogP contribution is -2.27. The van der Waals surface area contributed by atoms with Gasteiger partial charge in [0.1, 0.15) is 0 Å². The van der Waals surface area contributed by atoms with E-state index in [1.165, 1.54) is 0 Å². The summed E-state index contributed by atoms with van der Waals surface area (Å²) < 4.78 is 0. The molecule has 0 aliphatic carbocycles. The first-order valence-electron chi connectivity index (χ1n) is 7.18. The molecule has 0 bridgehead atoms. The zero-order valence-corrected chi connectivity index (χ0v) is 13.1. The van der Waals surface area contributed by atoms with E-state index < -0.39 is 0 Å². The van der Waals surface area contributed by atoms with Gasteiger partial charge in [0.15, 0.2) is 0 Å². The van der Waals surface area contributed by atoms with Crippen LogP contribution >= 0.6 is 0 Å². The molecule has 0 saturated heterocycles. The minimum atomic E-state index is -0.0704. The SMILES string of the molecule is Cc1ccc(C(=O)NCCCN(C)C)cc1C#CCCO. The fraction of sp³-hybridized carbons (Fsp3) is 0.471. The Balaban J connectivity index is 2.64. The molecule has 0 fully saturated rings. The minimum absolute atomic E-state index is 0.0537. The smallest absolute Gasteiger partial charge is 0.251 e. The third-order valence-corrected chi connectivity index (χ3v) is 3.03. The second-order valence-electron chi connectivity index (χ2n) is 5.22. The zero-order valence-electron chi connectivity index (χ0n) is 13.1. The molecule has 1 aromatic carbocycles. The highest BCUT2D eigenvalue weighted by molar-refractivity contribution is 5.94. The summed E-state index contributed by atoms with van der Waals surface area (Å²) >= 11 is 0. The van der Waals surface area contributed by atoms with Gasteiger partial charge in [0.2, 0.25) is 0 Å². The number of aliphatic hydroxyl groups is 1. The number of hydrogen-bond acceptors (Lipinski definition) is 3. The average Bonchev–Trinajstić information content (AvgIpc) is 2.45. The molecule has 0 saturated carbocycles. The van der Waals surface area contributed by atoms with Crippen molar-refractivity contribution in [1.82, 2.24) is 10.2 Å². The number of hydrogen-bond donors (Lipinski definition) is 2. The van der Waals surface area contributed by atoms with Crippen LogP contribution < -0.4 is 5.32 Å². The highest BCUT2D eigenvalue weighted by Gasteiger charge is 2.06. The van der Waals surface area contributed by atoms with Gasteiger partial charge < -0.3 is 15.3 Å². The van der Waals surface area contributed by atoms with Crippen molar-refractivity contribution in [2.24, 2.45) is 0 Å². The fourth-order valence-electron chi connectivity index (χ4n) is 1.81. The lowest BCUT2D eigenvalue weighted by molar-refractivity contribution is 0.0952. The topological polar surface area (TPSA) is 52.6 Å². The molecule has 21 heavy (non-hydrogen) atoms. The zero-order chi connectivity index (χ0) is 15.7. The maximum Gasteiger partial charge on any atom is 0.251 e. The molecule has 0 aliphatic heterocycles. The molecule has 0 atom stereocenters. The Hall–Kier alpha value is -1.83. The summed E-state index contributed by atoms with van der Waals surface area (Å²) in [6, 6.07) is 5.52. The first kappa shape index (κ1) is 17.2. The van der Waals surface area contributed by atoms with E-state index in [0.29, 0.717) is 18.5 Å². The molecule has 0 unspecified atom stereocenters. The normalized spacial score (nSPS) is 10.1. The van der Waals surface area contributed by atoms with Crippen LogP contribution in [0, 0.1) is 18.8 Å². The Morgan fingerprint density at radius 2 is 2.14 bits per heavy atom. The van der Waals surface area contributed by atoms with Crippen molar-refractivity contribution >= 4 is 5.91 Å². The van der Waals surface area contributed by atoms with Crippen LogP contribution in [-0.4, -0.2) is 49.7 Å². The summed E-state index contributed by atoms with van der Waals surface area (Å²) in [4.78, 5) is 14.2. The lowest BCUT2D eigenvalue weighted by atomic mass is 10.0. The summed E-state index contributed by atoms with van der Waals surface area (Å²) in [6.45, 7) is 3.63. The average molecular weight is 288 g/mol. The summed E-state index contributed by atoms with van der Waals surface area (Å²) in [6.07, 6.45) is 1.37. The summed E-state index contributed by atoms with van der Waals surface area (Å²) in [5.74, 6) is 5.81. The standard InChI is InChI=1S/C17H24N2O2/c1-14-8-9-16(13-15(14)7-4-5-12-20)17(21)18-10-6-11-19(2)3/h8-9,13,20H,5-6,10-12H2,1-3H3,(H,18,21). The third-order valence-electron chi connectivity index (χ3n) is 3.03. The van der Waals surface area contributed by atoms with Crippen molar-refractivity contribution in [1.29, 1.82) is 0 Å². The van der Waals surface area contributed by atoms with E-state index in [1.807, 2.05) is 33.2 Å². The van der Waals surface area contributed by atoms with Crippen LogP contribution in [0.5, 0.6) is 0 Å². The van der Waals surface area contributed by atoms with E-state index >= 15 is 0 Å². The van der Waals surface area contributed by atoms with Crippen molar-refractivity contribution in [2.75, 3.05) is 33.8 Å². The molecule has 2 N–H and O–H groups in total. The predicted molar refractivity (Wildman–Crippen MR) is 85.3 cm³/mol. The molecule has 0 heterocycles. The number of amides is 1. The molecule has 1 amide bonds. The fourth-order valence-corrected chi connectivity index (χ4v) is 1.81. The Bertz CT molecular complexity index is 527. The summed E-state index contributed by atoms with van der Waals surface area (Å²) in [7, 11) is 4.03. The van der Waals surface area contributed by atoms with Gasteiger partial charge in [0.05, 0.1) is 6.61 Å². The number of carbonyl (C=O) groups is 1. The van der Waals surface area contributed by atoms with E-state index in [9.17, 15) is 4.79 Å². The molecule has 4 nitrogen and oxygen atoms in total. The van der Waals surface area contributed by atoms with Crippen LogP contribution in [0.4, 0.5) is 0 Å². The Morgan fingerprint density at radius 3 is 2.81 bits per heavy atom. The molecular formula is C17H24N2O2. The Morgan fingerprint density at radius 1 is 1.38 bits per heavy atom. The van der Waals surface area contributed by atoms with Crippen molar-refractivity contribution < 1.29 is 9.90 Å².